The summed E-state index contributed by atoms with van der Waals surface area (Å²) >= 11 is 0. The lowest BCUT2D eigenvalue weighted by Crippen LogP contribution is -2.17. The maximum Gasteiger partial charge on any atom is 0.325 e. The fraction of sp³-hybridized carbons (Fsp3) is 1.00. The van der Waals surface area contributed by atoms with Crippen LogP contribution in [-0.4, -0.2) is 15.9 Å². The fourth-order valence-electron chi connectivity index (χ4n) is 3.40. The van der Waals surface area contributed by atoms with E-state index in [4.69, 9.17) is 9.79 Å². The van der Waals surface area contributed by atoms with Crippen LogP contribution >= 0.6 is 7.60 Å². The van der Waals surface area contributed by atoms with Gasteiger partial charge in [0.1, 0.15) is 0 Å². The molecule has 0 fully saturated rings. The van der Waals surface area contributed by atoms with Crippen molar-refractivity contribution in [3.63, 3.8) is 0 Å². The number of hydrogen-bond donors (Lipinski definition) is 2. The van der Waals surface area contributed by atoms with Crippen molar-refractivity contribution < 1.29 is 14.4 Å². The second-order valence-electron chi connectivity index (χ2n) is 7.63. The molecular weight excluding hydrogens is 307 g/mol. The molecule has 0 aromatic carbocycles. The second kappa shape index (κ2) is 13.4. The van der Waals surface area contributed by atoms with Gasteiger partial charge in [0.15, 0.2) is 0 Å². The van der Waals surface area contributed by atoms with E-state index in [1.54, 1.807) is 0 Å². The first-order chi connectivity index (χ1) is 10.8. The normalized spacial score (nSPS) is 12.7. The van der Waals surface area contributed by atoms with Crippen LogP contribution in [0.3, 0.4) is 0 Å². The van der Waals surface area contributed by atoms with Crippen LogP contribution in [0.25, 0.3) is 0 Å². The van der Waals surface area contributed by atoms with E-state index in [1.807, 2.05) is 0 Å². The van der Waals surface area contributed by atoms with Crippen molar-refractivity contribution in [2.45, 2.75) is 111 Å². The van der Waals surface area contributed by atoms with E-state index in [2.05, 4.69) is 20.8 Å². The topological polar surface area (TPSA) is 57.5 Å². The maximum absolute atomic E-state index is 11.1. The Morgan fingerprint density at radius 2 is 1.09 bits per heavy atom. The minimum Gasteiger partial charge on any atom is -0.324 e. The predicted molar refractivity (Wildman–Crippen MR) is 101 cm³/mol. The van der Waals surface area contributed by atoms with E-state index < -0.39 is 7.60 Å². The monoisotopic (exact) mass is 348 g/mol. The molecule has 23 heavy (non-hydrogen) atoms. The highest BCUT2D eigenvalue weighted by Crippen LogP contribution is 2.40. The summed E-state index contributed by atoms with van der Waals surface area (Å²) in [5.41, 5.74) is 0.271. The molecule has 0 heterocycles. The van der Waals surface area contributed by atoms with E-state index in [0.29, 0.717) is 6.42 Å². The molecule has 4 heteroatoms. The largest absolute Gasteiger partial charge is 0.325 e. The van der Waals surface area contributed by atoms with Crippen molar-refractivity contribution in [3.8, 4) is 0 Å². The quantitative estimate of drug-likeness (QED) is 0.242. The molecule has 140 valence electrons. The Morgan fingerprint density at radius 3 is 1.48 bits per heavy atom. The lowest BCUT2D eigenvalue weighted by molar-refractivity contribution is 0.227. The lowest BCUT2D eigenvalue weighted by Gasteiger charge is -2.30. The number of rotatable bonds is 16. The summed E-state index contributed by atoms with van der Waals surface area (Å²) < 4.78 is 11.1. The van der Waals surface area contributed by atoms with Crippen molar-refractivity contribution in [2.75, 3.05) is 6.16 Å². The molecular formula is C19H41O3P. The molecule has 0 amide bonds. The van der Waals surface area contributed by atoms with Crippen LogP contribution in [0.5, 0.6) is 0 Å². The van der Waals surface area contributed by atoms with Crippen LogP contribution in [0, 0.1) is 5.41 Å². The van der Waals surface area contributed by atoms with Gasteiger partial charge in [0.25, 0.3) is 0 Å². The molecule has 0 saturated heterocycles. The Labute approximate surface area is 144 Å². The van der Waals surface area contributed by atoms with E-state index in [-0.39, 0.29) is 11.6 Å². The molecule has 2 N–H and O–H groups in total. The van der Waals surface area contributed by atoms with Crippen LogP contribution in [0.2, 0.25) is 0 Å². The zero-order chi connectivity index (χ0) is 17.6. The summed E-state index contributed by atoms with van der Waals surface area (Å²) in [6.45, 7) is 6.82. The molecule has 0 rings (SSSR count). The van der Waals surface area contributed by atoms with E-state index in [0.717, 1.165) is 6.42 Å². The Balaban J connectivity index is 4.18. The second-order valence-corrected chi connectivity index (χ2v) is 9.41. The first kappa shape index (κ1) is 23.1. The molecule has 0 aliphatic heterocycles. The third-order valence-electron chi connectivity index (χ3n) is 5.00. The van der Waals surface area contributed by atoms with Crippen molar-refractivity contribution in [2.24, 2.45) is 5.41 Å². The van der Waals surface area contributed by atoms with Crippen LogP contribution in [-0.2, 0) is 4.57 Å². The highest BCUT2D eigenvalue weighted by Gasteiger charge is 2.24. The Kier molecular flexibility index (Phi) is 13.5. The van der Waals surface area contributed by atoms with Crippen molar-refractivity contribution in [1.82, 2.24) is 0 Å². The Hall–Kier alpha value is 0.150. The molecule has 0 bridgehead atoms. The molecule has 0 spiro atoms. The average Bonchev–Trinajstić information content (AvgIpc) is 2.45. The van der Waals surface area contributed by atoms with Gasteiger partial charge in [0.2, 0.25) is 0 Å². The summed E-state index contributed by atoms with van der Waals surface area (Å²) in [5.74, 6) is 0. The number of unbranched alkanes of at least 4 members (excludes halogenated alkanes) is 8. The van der Waals surface area contributed by atoms with Gasteiger partial charge in [-0.15, -0.1) is 0 Å². The molecule has 3 nitrogen and oxygen atoms in total. The molecule has 0 aliphatic rings. The number of hydrogen-bond acceptors (Lipinski definition) is 1. The smallest absolute Gasteiger partial charge is 0.324 e. The summed E-state index contributed by atoms with van der Waals surface area (Å²) in [6, 6.07) is 0. The standard InChI is InChI=1S/C19H41O3P/c1-4-6-8-10-12-15-19(3,16-13-11-9-7-5-2)17-14-18-23(20,21)22/h4-18H2,1-3H3,(H2,20,21,22). The predicted octanol–water partition coefficient (Wildman–Crippen LogP) is 6.67. The maximum atomic E-state index is 11.1. The lowest BCUT2D eigenvalue weighted by atomic mass is 9.76. The van der Waals surface area contributed by atoms with Gasteiger partial charge >= 0.3 is 7.60 Å². The zero-order valence-electron chi connectivity index (χ0n) is 15.9. The third kappa shape index (κ3) is 15.4. The van der Waals surface area contributed by atoms with Gasteiger partial charge < -0.3 is 9.79 Å². The van der Waals surface area contributed by atoms with E-state index in [1.165, 1.54) is 77.0 Å². The first-order valence-corrected chi connectivity index (χ1v) is 11.7. The fourth-order valence-corrected chi connectivity index (χ4v) is 3.97. The van der Waals surface area contributed by atoms with Gasteiger partial charge in [-0.1, -0.05) is 85.0 Å². The average molecular weight is 349 g/mol. The molecule has 0 aromatic heterocycles. The first-order valence-electron chi connectivity index (χ1n) is 9.87. The molecule has 0 radical (unpaired) electrons. The van der Waals surface area contributed by atoms with Gasteiger partial charge in [-0.3, -0.25) is 4.57 Å². The van der Waals surface area contributed by atoms with Gasteiger partial charge in [0.05, 0.1) is 0 Å². The highest BCUT2D eigenvalue weighted by molar-refractivity contribution is 7.51. The van der Waals surface area contributed by atoms with Crippen LogP contribution in [0.1, 0.15) is 111 Å². The van der Waals surface area contributed by atoms with Gasteiger partial charge in [-0.05, 0) is 31.1 Å². The van der Waals surface area contributed by atoms with Crippen molar-refractivity contribution in [1.29, 1.82) is 0 Å². The van der Waals surface area contributed by atoms with Crippen molar-refractivity contribution in [3.05, 3.63) is 0 Å². The van der Waals surface area contributed by atoms with Crippen LogP contribution < -0.4 is 0 Å². The molecule has 0 aliphatic carbocycles. The minimum absolute atomic E-state index is 0.0499. The highest BCUT2D eigenvalue weighted by atomic mass is 31.2. The summed E-state index contributed by atoms with van der Waals surface area (Å²) in [6.07, 6.45) is 17.1. The molecule has 0 saturated carbocycles. The minimum atomic E-state index is -3.83. The third-order valence-corrected chi connectivity index (χ3v) is 5.90. The van der Waals surface area contributed by atoms with Crippen LogP contribution in [0.4, 0.5) is 0 Å². The Bertz CT molecular complexity index is 298. The van der Waals surface area contributed by atoms with Crippen LogP contribution in [0.15, 0.2) is 0 Å². The molecule has 0 aromatic rings. The summed E-state index contributed by atoms with van der Waals surface area (Å²) in [7, 11) is -3.83. The summed E-state index contributed by atoms with van der Waals surface area (Å²) in [4.78, 5) is 18.1. The molecule has 0 unspecified atom stereocenters. The van der Waals surface area contributed by atoms with Gasteiger partial charge in [0, 0.05) is 6.16 Å². The summed E-state index contributed by atoms with van der Waals surface area (Å²) in [5, 5.41) is 0. The van der Waals surface area contributed by atoms with Gasteiger partial charge in [-0.2, -0.15) is 0 Å². The van der Waals surface area contributed by atoms with Crippen molar-refractivity contribution >= 4 is 7.60 Å². The zero-order valence-corrected chi connectivity index (χ0v) is 16.8. The Morgan fingerprint density at radius 1 is 0.696 bits per heavy atom. The van der Waals surface area contributed by atoms with E-state index >= 15 is 0 Å². The molecule has 0 atom stereocenters. The van der Waals surface area contributed by atoms with E-state index in [9.17, 15) is 4.57 Å². The van der Waals surface area contributed by atoms with Gasteiger partial charge in [-0.25, -0.2) is 0 Å². The SMILES string of the molecule is CCCCCCCC(C)(CCCCCCC)CCCP(=O)(O)O.